The highest BCUT2D eigenvalue weighted by molar-refractivity contribution is 5.94. The van der Waals surface area contributed by atoms with Gasteiger partial charge in [0.2, 0.25) is 0 Å². The number of benzene rings is 3. The number of aromatic nitrogens is 2. The van der Waals surface area contributed by atoms with Gasteiger partial charge in [-0.15, -0.1) is 0 Å². The van der Waals surface area contributed by atoms with Crippen LogP contribution >= 0.6 is 0 Å². The van der Waals surface area contributed by atoms with Gasteiger partial charge in [0.1, 0.15) is 18.1 Å². The number of ether oxygens (including phenoxy) is 3. The Kier molecular flexibility index (Phi) is 7.19. The number of nitrogens with zero attached hydrogens (tertiary/aromatic N) is 2. The van der Waals surface area contributed by atoms with E-state index in [9.17, 15) is 4.79 Å². The van der Waals surface area contributed by atoms with Crippen molar-refractivity contribution < 1.29 is 19.0 Å². The van der Waals surface area contributed by atoms with Crippen LogP contribution in [0.3, 0.4) is 0 Å². The Morgan fingerprint density at radius 1 is 0.971 bits per heavy atom. The van der Waals surface area contributed by atoms with E-state index in [2.05, 4.69) is 20.7 Å². The Bertz CT molecular complexity index is 1270. The van der Waals surface area contributed by atoms with Gasteiger partial charge in [-0.1, -0.05) is 30.3 Å². The number of hydrazone groups is 1. The van der Waals surface area contributed by atoms with Gasteiger partial charge < -0.3 is 14.2 Å². The number of methoxy groups -OCH3 is 2. The highest BCUT2D eigenvalue weighted by Crippen LogP contribution is 2.28. The van der Waals surface area contributed by atoms with Gasteiger partial charge >= 0.3 is 0 Å². The van der Waals surface area contributed by atoms with Crippen molar-refractivity contribution in [2.75, 3.05) is 14.2 Å². The second-order valence-corrected chi connectivity index (χ2v) is 7.28. The van der Waals surface area contributed by atoms with Crippen molar-refractivity contribution in [1.82, 2.24) is 15.6 Å². The number of hydrogen-bond donors (Lipinski definition) is 2. The lowest BCUT2D eigenvalue weighted by Gasteiger charge is -2.11. The molecule has 0 aliphatic rings. The minimum atomic E-state index is -0.404. The van der Waals surface area contributed by atoms with E-state index in [0.29, 0.717) is 29.5 Å². The van der Waals surface area contributed by atoms with Gasteiger partial charge in [-0.2, -0.15) is 10.2 Å². The summed E-state index contributed by atoms with van der Waals surface area (Å²) in [6.07, 6.45) is 1.53. The molecule has 0 aliphatic carbocycles. The van der Waals surface area contributed by atoms with Crippen LogP contribution in [-0.4, -0.2) is 36.5 Å². The third kappa shape index (κ3) is 5.60. The second kappa shape index (κ2) is 10.8. The van der Waals surface area contributed by atoms with E-state index in [1.165, 1.54) is 6.21 Å². The lowest BCUT2D eigenvalue weighted by molar-refractivity contribution is 0.0950. The first-order valence-corrected chi connectivity index (χ1v) is 10.5. The van der Waals surface area contributed by atoms with Crippen molar-refractivity contribution in [2.24, 2.45) is 5.10 Å². The zero-order chi connectivity index (χ0) is 23.8. The molecule has 0 unspecified atom stereocenters. The lowest BCUT2D eigenvalue weighted by atomic mass is 10.1. The molecular weight excluding hydrogens is 432 g/mol. The van der Waals surface area contributed by atoms with Gasteiger partial charge in [0.05, 0.1) is 26.1 Å². The number of H-pyrrole nitrogens is 1. The van der Waals surface area contributed by atoms with Crippen molar-refractivity contribution in [2.45, 2.75) is 6.61 Å². The molecule has 1 aromatic heterocycles. The highest BCUT2D eigenvalue weighted by atomic mass is 16.5. The Labute approximate surface area is 197 Å². The number of rotatable bonds is 9. The predicted molar refractivity (Wildman–Crippen MR) is 129 cm³/mol. The molecule has 0 saturated carbocycles. The molecule has 1 heterocycles. The van der Waals surface area contributed by atoms with Crippen LogP contribution in [0.5, 0.6) is 17.2 Å². The molecule has 0 saturated heterocycles. The van der Waals surface area contributed by atoms with E-state index in [-0.39, 0.29) is 0 Å². The monoisotopic (exact) mass is 456 g/mol. The van der Waals surface area contributed by atoms with Crippen LogP contribution in [0.4, 0.5) is 0 Å². The molecule has 172 valence electrons. The fraction of sp³-hybridized carbons (Fsp3) is 0.115. The molecule has 0 bridgehead atoms. The maximum absolute atomic E-state index is 12.4. The first kappa shape index (κ1) is 22.6. The molecule has 4 aromatic rings. The summed E-state index contributed by atoms with van der Waals surface area (Å²) < 4.78 is 16.5. The quantitative estimate of drug-likeness (QED) is 0.287. The van der Waals surface area contributed by atoms with Crippen LogP contribution in [0.15, 0.2) is 84.0 Å². The maximum atomic E-state index is 12.4. The molecular formula is C26H24N4O4. The van der Waals surface area contributed by atoms with Crippen LogP contribution < -0.4 is 19.6 Å². The molecule has 34 heavy (non-hydrogen) atoms. The third-order valence-electron chi connectivity index (χ3n) is 5.01. The summed E-state index contributed by atoms with van der Waals surface area (Å²) in [7, 11) is 3.18. The van der Waals surface area contributed by atoms with Crippen molar-refractivity contribution >= 4 is 12.1 Å². The highest BCUT2D eigenvalue weighted by Gasteiger charge is 2.11. The molecule has 0 aliphatic heterocycles. The molecule has 2 N–H and O–H groups in total. The molecule has 8 heteroatoms. The minimum Gasteiger partial charge on any atom is -0.497 e. The smallest absolute Gasteiger partial charge is 0.289 e. The number of nitrogens with one attached hydrogen (secondary N) is 2. The number of carbonyl (C=O) groups is 1. The van der Waals surface area contributed by atoms with Crippen LogP contribution in [0.25, 0.3) is 11.3 Å². The lowest BCUT2D eigenvalue weighted by Crippen LogP contribution is -2.18. The molecule has 1 amide bonds. The Morgan fingerprint density at radius 3 is 2.50 bits per heavy atom. The number of amides is 1. The first-order chi connectivity index (χ1) is 16.7. The van der Waals surface area contributed by atoms with E-state index < -0.39 is 5.91 Å². The fourth-order valence-corrected chi connectivity index (χ4v) is 3.19. The zero-order valence-corrected chi connectivity index (χ0v) is 18.8. The molecule has 0 fully saturated rings. The van der Waals surface area contributed by atoms with Gasteiger partial charge in [-0.3, -0.25) is 9.89 Å². The van der Waals surface area contributed by atoms with E-state index in [4.69, 9.17) is 14.2 Å². The van der Waals surface area contributed by atoms with Crippen LogP contribution in [0.1, 0.15) is 21.6 Å². The minimum absolute atomic E-state index is 0.296. The van der Waals surface area contributed by atoms with Crippen molar-refractivity contribution in [1.29, 1.82) is 0 Å². The summed E-state index contributed by atoms with van der Waals surface area (Å²) in [5.41, 5.74) is 6.11. The number of hydrogen-bond acceptors (Lipinski definition) is 6. The number of carbonyl (C=O) groups excluding carboxylic acids is 1. The largest absolute Gasteiger partial charge is 0.497 e. The average molecular weight is 457 g/mol. The average Bonchev–Trinajstić information content (AvgIpc) is 3.39. The van der Waals surface area contributed by atoms with Gasteiger partial charge in [0.25, 0.3) is 5.91 Å². The van der Waals surface area contributed by atoms with Crippen LogP contribution in [-0.2, 0) is 6.61 Å². The molecule has 0 atom stereocenters. The second-order valence-electron chi connectivity index (χ2n) is 7.28. The summed E-state index contributed by atoms with van der Waals surface area (Å²) in [6, 6.07) is 24.4. The Morgan fingerprint density at radius 2 is 1.76 bits per heavy atom. The third-order valence-corrected chi connectivity index (χ3v) is 5.01. The maximum Gasteiger partial charge on any atom is 0.289 e. The standard InChI is InChI=1S/C26H24N4O4/c1-32-21-11-9-20(10-12-21)22-15-23(29-28-22)26(31)30-27-16-19-8-13-24(25(14-19)33-2)34-17-18-6-4-3-5-7-18/h3-16H,17H2,1-2H3,(H,28,29)(H,30,31)/b27-16-. The summed E-state index contributed by atoms with van der Waals surface area (Å²) in [4.78, 5) is 12.4. The predicted octanol–water partition coefficient (Wildman–Crippen LogP) is 4.44. The summed E-state index contributed by atoms with van der Waals surface area (Å²) in [5, 5.41) is 11.0. The van der Waals surface area contributed by atoms with Crippen molar-refractivity contribution in [3.63, 3.8) is 0 Å². The van der Waals surface area contributed by atoms with E-state index in [1.807, 2.05) is 60.7 Å². The summed E-state index contributed by atoms with van der Waals surface area (Å²) in [6.45, 7) is 0.434. The summed E-state index contributed by atoms with van der Waals surface area (Å²) in [5.74, 6) is 1.54. The molecule has 8 nitrogen and oxygen atoms in total. The Hall–Kier alpha value is -4.59. The van der Waals surface area contributed by atoms with Crippen LogP contribution in [0.2, 0.25) is 0 Å². The van der Waals surface area contributed by atoms with E-state index in [1.54, 1.807) is 32.4 Å². The molecule has 0 radical (unpaired) electrons. The van der Waals surface area contributed by atoms with Gasteiger partial charge in [0, 0.05) is 5.56 Å². The van der Waals surface area contributed by atoms with Gasteiger partial charge in [0.15, 0.2) is 11.5 Å². The summed E-state index contributed by atoms with van der Waals surface area (Å²) >= 11 is 0. The van der Waals surface area contributed by atoms with E-state index >= 15 is 0 Å². The molecule has 0 spiro atoms. The van der Waals surface area contributed by atoms with Gasteiger partial charge in [-0.05, 0) is 59.7 Å². The van der Waals surface area contributed by atoms with Gasteiger partial charge in [-0.25, -0.2) is 5.43 Å². The topological polar surface area (TPSA) is 97.8 Å². The fourth-order valence-electron chi connectivity index (χ4n) is 3.19. The molecule has 3 aromatic carbocycles. The SMILES string of the molecule is COc1ccc(-c2cc(C(=O)N/N=C\c3ccc(OCc4ccccc4)c(OC)c3)[nH]n2)cc1. The molecule has 4 rings (SSSR count). The number of aromatic amines is 1. The normalized spacial score (nSPS) is 10.8. The zero-order valence-electron chi connectivity index (χ0n) is 18.8. The van der Waals surface area contributed by atoms with Crippen molar-refractivity contribution in [3.8, 4) is 28.5 Å². The Balaban J connectivity index is 1.36. The van der Waals surface area contributed by atoms with E-state index in [0.717, 1.165) is 22.4 Å². The van der Waals surface area contributed by atoms with Crippen LogP contribution in [0, 0.1) is 0 Å². The van der Waals surface area contributed by atoms with Crippen molar-refractivity contribution in [3.05, 3.63) is 95.7 Å². The first-order valence-electron chi connectivity index (χ1n) is 10.5.